The van der Waals surface area contributed by atoms with E-state index in [4.69, 9.17) is 11.6 Å². The Balaban J connectivity index is 2.56. The smallest absolute Gasteiger partial charge is 0.251 e. The van der Waals surface area contributed by atoms with Gasteiger partial charge in [-0.15, -0.1) is 0 Å². The van der Waals surface area contributed by atoms with Crippen molar-refractivity contribution >= 4 is 33.4 Å². The van der Waals surface area contributed by atoms with Crippen LogP contribution >= 0.6 is 27.5 Å². The maximum absolute atomic E-state index is 12.0. The lowest BCUT2D eigenvalue weighted by molar-refractivity contribution is 0.0952. The summed E-state index contributed by atoms with van der Waals surface area (Å²) in [4.78, 5) is 12.3. The van der Waals surface area contributed by atoms with E-state index in [0.717, 1.165) is 12.0 Å². The third kappa shape index (κ3) is 6.44. The van der Waals surface area contributed by atoms with E-state index in [-0.39, 0.29) is 16.1 Å². The van der Waals surface area contributed by atoms with Gasteiger partial charge in [0.2, 0.25) is 0 Å². The summed E-state index contributed by atoms with van der Waals surface area (Å²) in [6.45, 7) is 9.09. The molecule has 0 aliphatic carbocycles. The summed E-state index contributed by atoms with van der Waals surface area (Å²) in [5.41, 5.74) is 1.84. The number of alkyl halides is 1. The van der Waals surface area contributed by atoms with Crippen LogP contribution in [0.5, 0.6) is 0 Å². The van der Waals surface area contributed by atoms with Gasteiger partial charge in [-0.25, -0.2) is 0 Å². The van der Waals surface area contributed by atoms with Crippen molar-refractivity contribution in [3.63, 3.8) is 0 Å². The van der Waals surface area contributed by atoms with Gasteiger partial charge >= 0.3 is 0 Å². The van der Waals surface area contributed by atoms with Gasteiger partial charge in [-0.3, -0.25) is 4.79 Å². The Morgan fingerprint density at radius 3 is 2.53 bits per heavy atom. The number of benzene rings is 1. The summed E-state index contributed by atoms with van der Waals surface area (Å²) in [6.07, 6.45) is 1.00. The standard InChI is InChI=1S/C15H21BrClNO/c1-10-5-11(7-13(17)6-10)14(19)18-9-12(16)8-15(2,3)4/h5-7,12H,8-9H2,1-4H3,(H,18,19). The number of amides is 1. The van der Waals surface area contributed by atoms with Gasteiger partial charge in [-0.1, -0.05) is 48.3 Å². The lowest BCUT2D eigenvalue weighted by Crippen LogP contribution is -2.31. The van der Waals surface area contributed by atoms with E-state index >= 15 is 0 Å². The normalized spacial score (nSPS) is 13.2. The van der Waals surface area contributed by atoms with Gasteiger partial charge in [0.05, 0.1) is 0 Å². The van der Waals surface area contributed by atoms with E-state index in [0.29, 0.717) is 17.1 Å². The number of hydrogen-bond acceptors (Lipinski definition) is 1. The average Bonchev–Trinajstić information content (AvgIpc) is 2.22. The Morgan fingerprint density at radius 1 is 1.37 bits per heavy atom. The zero-order valence-electron chi connectivity index (χ0n) is 11.9. The SMILES string of the molecule is Cc1cc(Cl)cc(C(=O)NCC(Br)CC(C)(C)C)c1. The van der Waals surface area contributed by atoms with E-state index < -0.39 is 0 Å². The molecule has 1 aromatic carbocycles. The fraction of sp³-hybridized carbons (Fsp3) is 0.533. The van der Waals surface area contributed by atoms with Gasteiger partial charge in [0.15, 0.2) is 0 Å². The number of aryl methyl sites for hydroxylation is 1. The predicted molar refractivity (Wildman–Crippen MR) is 85.3 cm³/mol. The van der Waals surface area contributed by atoms with Crippen LogP contribution in [0.1, 0.15) is 43.1 Å². The molecule has 0 aliphatic heterocycles. The van der Waals surface area contributed by atoms with E-state index in [2.05, 4.69) is 42.0 Å². The number of halogens is 2. The van der Waals surface area contributed by atoms with Crippen molar-refractivity contribution in [3.05, 3.63) is 34.3 Å². The molecule has 0 saturated carbocycles. The molecule has 1 atom stereocenters. The van der Waals surface area contributed by atoms with E-state index in [1.54, 1.807) is 6.07 Å². The number of hydrogen-bond donors (Lipinski definition) is 1. The third-order valence-corrected chi connectivity index (χ3v) is 3.49. The molecule has 1 aromatic rings. The summed E-state index contributed by atoms with van der Waals surface area (Å²) >= 11 is 9.56. The molecule has 1 N–H and O–H groups in total. The fourth-order valence-electron chi connectivity index (χ4n) is 1.91. The summed E-state index contributed by atoms with van der Waals surface area (Å²) in [5.74, 6) is -0.0797. The van der Waals surface area contributed by atoms with Gasteiger partial charge < -0.3 is 5.32 Å². The summed E-state index contributed by atoms with van der Waals surface area (Å²) in [5, 5.41) is 3.52. The maximum Gasteiger partial charge on any atom is 0.251 e. The van der Waals surface area contributed by atoms with Crippen LogP contribution in [0.15, 0.2) is 18.2 Å². The zero-order valence-corrected chi connectivity index (χ0v) is 14.2. The number of rotatable bonds is 4. The summed E-state index contributed by atoms with van der Waals surface area (Å²) in [6, 6.07) is 5.37. The molecule has 0 bridgehead atoms. The van der Waals surface area contributed by atoms with Crippen molar-refractivity contribution in [2.45, 2.75) is 38.9 Å². The molecule has 4 heteroatoms. The lowest BCUT2D eigenvalue weighted by Gasteiger charge is -2.22. The molecule has 0 heterocycles. The van der Waals surface area contributed by atoms with E-state index in [1.807, 2.05) is 19.1 Å². The van der Waals surface area contributed by atoms with Crippen LogP contribution in [0, 0.1) is 12.3 Å². The number of carbonyl (C=O) groups is 1. The first kappa shape index (κ1) is 16.5. The second kappa shape index (κ2) is 6.76. The summed E-state index contributed by atoms with van der Waals surface area (Å²) < 4.78 is 0. The molecule has 1 unspecified atom stereocenters. The van der Waals surface area contributed by atoms with Crippen LogP contribution in [0.4, 0.5) is 0 Å². The molecule has 0 saturated heterocycles. The average molecular weight is 347 g/mol. The lowest BCUT2D eigenvalue weighted by atomic mass is 9.90. The summed E-state index contributed by atoms with van der Waals surface area (Å²) in [7, 11) is 0. The molecule has 19 heavy (non-hydrogen) atoms. The quantitative estimate of drug-likeness (QED) is 0.794. The van der Waals surface area contributed by atoms with Crippen molar-refractivity contribution in [2.75, 3.05) is 6.54 Å². The topological polar surface area (TPSA) is 29.1 Å². The van der Waals surface area contributed by atoms with Gasteiger partial charge in [0.1, 0.15) is 0 Å². The second-order valence-corrected chi connectivity index (χ2v) is 7.82. The minimum atomic E-state index is -0.0797. The molecule has 0 aliphatic rings. The Morgan fingerprint density at radius 2 is 2.00 bits per heavy atom. The molecule has 0 fully saturated rings. The zero-order chi connectivity index (χ0) is 14.6. The van der Waals surface area contributed by atoms with Crippen molar-refractivity contribution in [2.24, 2.45) is 5.41 Å². The molecule has 0 radical (unpaired) electrons. The fourth-order valence-corrected chi connectivity index (χ4v) is 3.33. The highest BCUT2D eigenvalue weighted by Gasteiger charge is 2.17. The van der Waals surface area contributed by atoms with Crippen LogP contribution < -0.4 is 5.32 Å². The first-order valence-electron chi connectivity index (χ1n) is 6.37. The van der Waals surface area contributed by atoms with Crippen molar-refractivity contribution in [1.82, 2.24) is 5.32 Å². The largest absolute Gasteiger partial charge is 0.351 e. The van der Waals surface area contributed by atoms with E-state index in [9.17, 15) is 4.79 Å². The van der Waals surface area contributed by atoms with Crippen LogP contribution in [0.25, 0.3) is 0 Å². The number of nitrogens with one attached hydrogen (secondary N) is 1. The van der Waals surface area contributed by atoms with Gasteiger partial charge in [-0.2, -0.15) is 0 Å². The molecule has 0 aromatic heterocycles. The van der Waals surface area contributed by atoms with Crippen LogP contribution in [0.3, 0.4) is 0 Å². The highest BCUT2D eigenvalue weighted by molar-refractivity contribution is 9.09. The number of carbonyl (C=O) groups excluding carboxylic acids is 1. The van der Waals surface area contributed by atoms with Crippen molar-refractivity contribution < 1.29 is 4.79 Å². The minimum absolute atomic E-state index is 0.0797. The minimum Gasteiger partial charge on any atom is -0.351 e. The Kier molecular flexibility index (Phi) is 5.87. The Labute approximate surface area is 129 Å². The highest BCUT2D eigenvalue weighted by Crippen LogP contribution is 2.24. The molecule has 106 valence electrons. The molecule has 1 rings (SSSR count). The van der Waals surface area contributed by atoms with Crippen molar-refractivity contribution in [1.29, 1.82) is 0 Å². The third-order valence-electron chi connectivity index (χ3n) is 2.62. The van der Waals surface area contributed by atoms with E-state index in [1.165, 1.54) is 0 Å². The van der Waals surface area contributed by atoms with Gasteiger partial charge in [0.25, 0.3) is 5.91 Å². The monoisotopic (exact) mass is 345 g/mol. The van der Waals surface area contributed by atoms with Gasteiger partial charge in [-0.05, 0) is 42.5 Å². The second-order valence-electron chi connectivity index (χ2n) is 6.09. The Bertz CT molecular complexity index is 434. The van der Waals surface area contributed by atoms with Crippen LogP contribution in [0.2, 0.25) is 5.02 Å². The van der Waals surface area contributed by atoms with Crippen LogP contribution in [-0.4, -0.2) is 17.3 Å². The Hall–Kier alpha value is -0.540. The first-order valence-corrected chi connectivity index (χ1v) is 7.66. The molecule has 2 nitrogen and oxygen atoms in total. The maximum atomic E-state index is 12.0. The molecule has 1 amide bonds. The van der Waals surface area contributed by atoms with Gasteiger partial charge in [0, 0.05) is 22.0 Å². The predicted octanol–water partition coefficient (Wildman–Crippen LogP) is 4.58. The van der Waals surface area contributed by atoms with Crippen LogP contribution in [-0.2, 0) is 0 Å². The first-order chi connectivity index (χ1) is 8.67. The highest BCUT2D eigenvalue weighted by atomic mass is 79.9. The molecular weight excluding hydrogens is 326 g/mol. The molecular formula is C15H21BrClNO. The van der Waals surface area contributed by atoms with Crippen molar-refractivity contribution in [3.8, 4) is 0 Å². The molecule has 0 spiro atoms.